The number of benzene rings is 1. The molecule has 0 aliphatic carbocycles. The molecule has 4 rings (SSSR count). The Morgan fingerprint density at radius 1 is 1.00 bits per heavy atom. The van der Waals surface area contributed by atoms with E-state index in [1.165, 1.54) is 0 Å². The lowest BCUT2D eigenvalue weighted by Gasteiger charge is -2.42. The fourth-order valence-corrected chi connectivity index (χ4v) is 4.98. The van der Waals surface area contributed by atoms with Crippen molar-refractivity contribution in [2.75, 3.05) is 26.2 Å². The molecule has 3 unspecified atom stereocenters. The van der Waals surface area contributed by atoms with Crippen LogP contribution in [0.15, 0.2) is 30.3 Å². The van der Waals surface area contributed by atoms with Gasteiger partial charge in [0.05, 0.1) is 5.92 Å². The van der Waals surface area contributed by atoms with Crippen molar-refractivity contribution >= 4 is 17.7 Å². The number of likely N-dealkylation sites (tertiary alicyclic amines) is 2. The minimum atomic E-state index is -0.132. The highest BCUT2D eigenvalue weighted by Gasteiger charge is 2.40. The molecule has 3 fully saturated rings. The van der Waals surface area contributed by atoms with Crippen LogP contribution in [-0.4, -0.2) is 59.7 Å². The van der Waals surface area contributed by atoms with E-state index in [1.807, 2.05) is 40.1 Å². The standard InChI is InChI=1S/C22H29N3O3/c26-20-13-18(14-23-20)19-10-4-5-12-25(19)22(28)17-9-6-11-24(15-17)21(27)16-7-2-1-3-8-16/h1-3,7-8,17-19H,4-6,9-15H2,(H,23,26). The monoisotopic (exact) mass is 383 g/mol. The number of rotatable bonds is 3. The summed E-state index contributed by atoms with van der Waals surface area (Å²) in [4.78, 5) is 41.7. The predicted octanol–water partition coefficient (Wildman–Crippen LogP) is 2.06. The Kier molecular flexibility index (Phi) is 5.64. The van der Waals surface area contributed by atoms with Gasteiger partial charge >= 0.3 is 0 Å². The molecule has 0 radical (unpaired) electrons. The lowest BCUT2D eigenvalue weighted by molar-refractivity contribution is -0.142. The fourth-order valence-electron chi connectivity index (χ4n) is 4.98. The Morgan fingerprint density at radius 3 is 2.57 bits per heavy atom. The molecule has 3 saturated heterocycles. The maximum Gasteiger partial charge on any atom is 0.253 e. The Labute approximate surface area is 166 Å². The molecule has 28 heavy (non-hydrogen) atoms. The van der Waals surface area contributed by atoms with E-state index in [4.69, 9.17) is 0 Å². The molecule has 6 nitrogen and oxygen atoms in total. The summed E-state index contributed by atoms with van der Waals surface area (Å²) in [5.41, 5.74) is 0.682. The molecule has 150 valence electrons. The first-order valence-electron chi connectivity index (χ1n) is 10.5. The van der Waals surface area contributed by atoms with Crippen LogP contribution in [0.25, 0.3) is 0 Å². The van der Waals surface area contributed by atoms with E-state index in [0.717, 1.165) is 38.6 Å². The van der Waals surface area contributed by atoms with Gasteiger partial charge in [-0.1, -0.05) is 18.2 Å². The molecule has 3 amide bonds. The normalized spacial score (nSPS) is 28.1. The summed E-state index contributed by atoms with van der Waals surface area (Å²) in [6.45, 7) is 2.66. The van der Waals surface area contributed by atoms with Gasteiger partial charge in [0.25, 0.3) is 5.91 Å². The van der Waals surface area contributed by atoms with Crippen molar-refractivity contribution in [1.82, 2.24) is 15.1 Å². The van der Waals surface area contributed by atoms with E-state index in [1.54, 1.807) is 0 Å². The van der Waals surface area contributed by atoms with E-state index in [2.05, 4.69) is 5.32 Å². The highest BCUT2D eigenvalue weighted by Crippen LogP contribution is 2.30. The second kappa shape index (κ2) is 8.33. The minimum Gasteiger partial charge on any atom is -0.356 e. The predicted molar refractivity (Wildman–Crippen MR) is 106 cm³/mol. The molecular weight excluding hydrogens is 354 g/mol. The van der Waals surface area contributed by atoms with Crippen LogP contribution in [0.4, 0.5) is 0 Å². The van der Waals surface area contributed by atoms with Crippen molar-refractivity contribution in [3.63, 3.8) is 0 Å². The maximum atomic E-state index is 13.4. The molecule has 3 aliphatic heterocycles. The molecule has 1 N–H and O–H groups in total. The summed E-state index contributed by atoms with van der Waals surface area (Å²) in [6.07, 6.45) is 5.33. The van der Waals surface area contributed by atoms with Gasteiger partial charge in [-0.3, -0.25) is 14.4 Å². The van der Waals surface area contributed by atoms with Gasteiger partial charge in [-0.25, -0.2) is 0 Å². The van der Waals surface area contributed by atoms with Crippen molar-refractivity contribution in [1.29, 1.82) is 0 Å². The van der Waals surface area contributed by atoms with Crippen molar-refractivity contribution in [2.45, 2.75) is 44.6 Å². The summed E-state index contributed by atoms with van der Waals surface area (Å²) >= 11 is 0. The Morgan fingerprint density at radius 2 is 1.82 bits per heavy atom. The molecular formula is C22H29N3O3. The molecule has 0 aromatic heterocycles. The molecule has 3 aliphatic rings. The number of hydrogen-bond acceptors (Lipinski definition) is 3. The van der Waals surface area contributed by atoms with Crippen LogP contribution in [0.2, 0.25) is 0 Å². The van der Waals surface area contributed by atoms with Crippen LogP contribution in [-0.2, 0) is 9.59 Å². The highest BCUT2D eigenvalue weighted by atomic mass is 16.2. The molecule has 0 saturated carbocycles. The summed E-state index contributed by atoms with van der Waals surface area (Å²) < 4.78 is 0. The van der Waals surface area contributed by atoms with Gasteiger partial charge in [0.1, 0.15) is 0 Å². The molecule has 3 atom stereocenters. The van der Waals surface area contributed by atoms with Gasteiger partial charge < -0.3 is 15.1 Å². The van der Waals surface area contributed by atoms with Gasteiger partial charge in [-0.05, 0) is 44.2 Å². The van der Waals surface area contributed by atoms with Crippen LogP contribution in [0.1, 0.15) is 48.9 Å². The van der Waals surface area contributed by atoms with E-state index >= 15 is 0 Å². The van der Waals surface area contributed by atoms with E-state index in [-0.39, 0.29) is 35.6 Å². The summed E-state index contributed by atoms with van der Waals surface area (Å²) in [5.74, 6) is 0.378. The van der Waals surface area contributed by atoms with Crippen LogP contribution < -0.4 is 5.32 Å². The zero-order valence-corrected chi connectivity index (χ0v) is 16.3. The molecule has 3 heterocycles. The number of piperidine rings is 2. The third-order valence-corrected chi connectivity index (χ3v) is 6.46. The zero-order chi connectivity index (χ0) is 19.5. The molecule has 6 heteroatoms. The van der Waals surface area contributed by atoms with Crippen molar-refractivity contribution < 1.29 is 14.4 Å². The number of carbonyl (C=O) groups excluding carboxylic acids is 3. The van der Waals surface area contributed by atoms with Gasteiger partial charge in [-0.15, -0.1) is 0 Å². The van der Waals surface area contributed by atoms with Crippen molar-refractivity contribution in [3.8, 4) is 0 Å². The van der Waals surface area contributed by atoms with E-state index in [9.17, 15) is 14.4 Å². The van der Waals surface area contributed by atoms with Crippen molar-refractivity contribution in [2.24, 2.45) is 11.8 Å². The number of nitrogens with zero attached hydrogens (tertiary/aromatic N) is 2. The molecule has 0 bridgehead atoms. The molecule has 1 aromatic carbocycles. The average molecular weight is 383 g/mol. The van der Waals surface area contributed by atoms with E-state index in [0.29, 0.717) is 31.6 Å². The second-order valence-corrected chi connectivity index (χ2v) is 8.32. The summed E-state index contributed by atoms with van der Waals surface area (Å²) in [7, 11) is 0. The lowest BCUT2D eigenvalue weighted by Crippen LogP contribution is -2.53. The first-order chi connectivity index (χ1) is 13.6. The van der Waals surface area contributed by atoms with E-state index < -0.39 is 0 Å². The van der Waals surface area contributed by atoms with Gasteiger partial charge in [0.15, 0.2) is 0 Å². The lowest BCUT2D eigenvalue weighted by atomic mass is 9.87. The minimum absolute atomic E-state index is 0.0129. The van der Waals surface area contributed by atoms with Gasteiger partial charge in [-0.2, -0.15) is 0 Å². The number of nitrogens with one attached hydrogen (secondary N) is 1. The number of hydrogen-bond donors (Lipinski definition) is 1. The van der Waals surface area contributed by atoms with Gasteiger partial charge in [0.2, 0.25) is 11.8 Å². The molecule has 1 aromatic rings. The first-order valence-corrected chi connectivity index (χ1v) is 10.5. The Balaban J connectivity index is 1.44. The highest BCUT2D eigenvalue weighted by molar-refractivity contribution is 5.94. The second-order valence-electron chi connectivity index (χ2n) is 8.32. The topological polar surface area (TPSA) is 69.7 Å². The zero-order valence-electron chi connectivity index (χ0n) is 16.3. The number of amides is 3. The van der Waals surface area contributed by atoms with Crippen LogP contribution >= 0.6 is 0 Å². The third-order valence-electron chi connectivity index (χ3n) is 6.46. The molecule has 0 spiro atoms. The smallest absolute Gasteiger partial charge is 0.253 e. The third kappa shape index (κ3) is 3.91. The SMILES string of the molecule is O=C1CC(C2CCCCN2C(=O)C2CCCN(C(=O)c3ccccc3)C2)CN1. The van der Waals surface area contributed by atoms with Crippen LogP contribution in [0.5, 0.6) is 0 Å². The fraction of sp³-hybridized carbons (Fsp3) is 0.591. The quantitative estimate of drug-likeness (QED) is 0.869. The maximum absolute atomic E-state index is 13.4. The average Bonchev–Trinajstić information content (AvgIpc) is 3.19. The van der Waals surface area contributed by atoms with Gasteiger partial charge in [0, 0.05) is 50.1 Å². The largest absolute Gasteiger partial charge is 0.356 e. The summed E-state index contributed by atoms with van der Waals surface area (Å²) in [5, 5.41) is 2.92. The first kappa shape index (κ1) is 19.0. The van der Waals surface area contributed by atoms with Crippen LogP contribution in [0.3, 0.4) is 0 Å². The summed E-state index contributed by atoms with van der Waals surface area (Å²) in [6, 6.07) is 9.46. The van der Waals surface area contributed by atoms with Crippen molar-refractivity contribution in [3.05, 3.63) is 35.9 Å². The van der Waals surface area contributed by atoms with Crippen LogP contribution in [0, 0.1) is 11.8 Å². The Hall–Kier alpha value is -2.37. The number of carbonyl (C=O) groups is 3. The Bertz CT molecular complexity index is 736.